The van der Waals surface area contributed by atoms with Gasteiger partial charge in [-0.05, 0) is 31.7 Å². The Balaban J connectivity index is 1.90. The van der Waals surface area contributed by atoms with E-state index in [1.54, 1.807) is 11.3 Å². The lowest BCUT2D eigenvalue weighted by atomic mass is 10.3. The van der Waals surface area contributed by atoms with Crippen molar-refractivity contribution in [2.24, 2.45) is 0 Å². The van der Waals surface area contributed by atoms with Crippen LogP contribution in [0.2, 0.25) is 0 Å². The fraction of sp³-hybridized carbons (Fsp3) is 0.533. The van der Waals surface area contributed by atoms with E-state index in [-0.39, 0.29) is 5.91 Å². The van der Waals surface area contributed by atoms with Crippen molar-refractivity contribution in [2.45, 2.75) is 20.3 Å². The van der Waals surface area contributed by atoms with Crippen LogP contribution in [0.5, 0.6) is 0 Å². The molecule has 2 rings (SSSR count). The molecule has 0 radical (unpaired) electrons. The second-order valence-electron chi connectivity index (χ2n) is 5.24. The van der Waals surface area contributed by atoms with Crippen LogP contribution in [0.3, 0.4) is 0 Å². The molecule has 0 unspecified atom stereocenters. The number of hydrogen-bond donors (Lipinski definition) is 0. The third-order valence-corrected chi connectivity index (χ3v) is 4.08. The van der Waals surface area contributed by atoms with Gasteiger partial charge in [-0.15, -0.1) is 0 Å². The zero-order chi connectivity index (χ0) is 13.7. The van der Waals surface area contributed by atoms with E-state index in [9.17, 15) is 4.79 Å². The Hall–Kier alpha value is -1.13. The maximum absolute atomic E-state index is 12.3. The highest BCUT2D eigenvalue weighted by Gasteiger charge is 2.19. The molecule has 2 heterocycles. The zero-order valence-corrected chi connectivity index (χ0v) is 12.6. The van der Waals surface area contributed by atoms with Crippen molar-refractivity contribution in [1.82, 2.24) is 9.80 Å². The molecule has 4 heteroatoms. The smallest absolute Gasteiger partial charge is 0.254 e. The molecule has 19 heavy (non-hydrogen) atoms. The fourth-order valence-corrected chi connectivity index (χ4v) is 2.87. The molecule has 0 N–H and O–H groups in total. The van der Waals surface area contributed by atoms with E-state index in [1.807, 2.05) is 21.7 Å². The van der Waals surface area contributed by atoms with Crippen LogP contribution in [0.25, 0.3) is 0 Å². The first-order valence-corrected chi connectivity index (χ1v) is 7.78. The van der Waals surface area contributed by atoms with Gasteiger partial charge in [0.25, 0.3) is 5.91 Å². The number of allylic oxidation sites excluding steroid dienone is 1. The number of hydrogen-bond acceptors (Lipinski definition) is 3. The summed E-state index contributed by atoms with van der Waals surface area (Å²) in [5.41, 5.74) is 2.19. The monoisotopic (exact) mass is 278 g/mol. The van der Waals surface area contributed by atoms with Gasteiger partial charge in [0.15, 0.2) is 0 Å². The first-order chi connectivity index (χ1) is 9.16. The second kappa shape index (κ2) is 6.87. The lowest BCUT2D eigenvalue weighted by Crippen LogP contribution is -2.35. The molecule has 1 amide bonds. The van der Waals surface area contributed by atoms with E-state index < -0.39 is 0 Å². The van der Waals surface area contributed by atoms with E-state index in [4.69, 9.17) is 0 Å². The second-order valence-corrected chi connectivity index (χ2v) is 6.02. The lowest BCUT2D eigenvalue weighted by molar-refractivity contribution is 0.0762. The van der Waals surface area contributed by atoms with Crippen molar-refractivity contribution in [3.05, 3.63) is 34.0 Å². The molecule has 1 fully saturated rings. The quantitative estimate of drug-likeness (QED) is 0.794. The summed E-state index contributed by atoms with van der Waals surface area (Å²) in [4.78, 5) is 16.7. The van der Waals surface area contributed by atoms with Crippen molar-refractivity contribution in [3.8, 4) is 0 Å². The van der Waals surface area contributed by atoms with Crippen LogP contribution in [0.1, 0.15) is 30.6 Å². The highest BCUT2D eigenvalue weighted by molar-refractivity contribution is 7.08. The molecule has 0 atom stereocenters. The fourth-order valence-electron chi connectivity index (χ4n) is 2.24. The molecule has 1 aromatic heterocycles. The molecule has 0 saturated carbocycles. The summed E-state index contributed by atoms with van der Waals surface area (Å²) in [7, 11) is 0. The molecular formula is C15H22N2OS. The molecule has 3 nitrogen and oxygen atoms in total. The van der Waals surface area contributed by atoms with E-state index in [0.29, 0.717) is 0 Å². The van der Waals surface area contributed by atoms with Crippen LogP contribution < -0.4 is 0 Å². The average Bonchev–Trinajstić information content (AvgIpc) is 2.81. The van der Waals surface area contributed by atoms with Crippen LogP contribution >= 0.6 is 11.3 Å². The topological polar surface area (TPSA) is 23.6 Å². The largest absolute Gasteiger partial charge is 0.337 e. The minimum atomic E-state index is 0.185. The number of carbonyl (C=O) groups is 1. The summed E-state index contributed by atoms with van der Waals surface area (Å²) in [5.74, 6) is 0.185. The molecule has 0 aromatic carbocycles. The van der Waals surface area contributed by atoms with Gasteiger partial charge >= 0.3 is 0 Å². The summed E-state index contributed by atoms with van der Waals surface area (Å²) in [6.45, 7) is 9.03. The minimum absolute atomic E-state index is 0.185. The van der Waals surface area contributed by atoms with Gasteiger partial charge in [0, 0.05) is 38.1 Å². The summed E-state index contributed by atoms with van der Waals surface area (Å²) < 4.78 is 0. The molecule has 1 aliphatic heterocycles. The average molecular weight is 278 g/mol. The standard InChI is InChI=1S/C15H22N2OS/c1-13(2)4-8-16-6-3-7-17(10-9-16)15(18)14-5-11-19-12-14/h4-5,11-12H,3,6-10H2,1-2H3. The third kappa shape index (κ3) is 4.18. The minimum Gasteiger partial charge on any atom is -0.337 e. The van der Waals surface area contributed by atoms with Crippen LogP contribution in [-0.4, -0.2) is 48.4 Å². The predicted molar refractivity (Wildman–Crippen MR) is 80.7 cm³/mol. The maximum atomic E-state index is 12.3. The molecular weight excluding hydrogens is 256 g/mol. The Morgan fingerprint density at radius 3 is 2.84 bits per heavy atom. The molecule has 0 bridgehead atoms. The van der Waals surface area contributed by atoms with E-state index in [2.05, 4.69) is 24.8 Å². The Morgan fingerprint density at radius 2 is 2.16 bits per heavy atom. The number of amides is 1. The van der Waals surface area contributed by atoms with Crippen molar-refractivity contribution in [3.63, 3.8) is 0 Å². The zero-order valence-electron chi connectivity index (χ0n) is 11.8. The van der Waals surface area contributed by atoms with Gasteiger partial charge in [0.05, 0.1) is 5.56 Å². The van der Waals surface area contributed by atoms with Crippen molar-refractivity contribution < 1.29 is 4.79 Å². The lowest BCUT2D eigenvalue weighted by Gasteiger charge is -2.21. The molecule has 0 aliphatic carbocycles. The van der Waals surface area contributed by atoms with Crippen LogP contribution in [0.4, 0.5) is 0 Å². The van der Waals surface area contributed by atoms with Gasteiger partial charge in [-0.3, -0.25) is 9.69 Å². The van der Waals surface area contributed by atoms with Gasteiger partial charge in [-0.1, -0.05) is 11.6 Å². The Morgan fingerprint density at radius 1 is 1.32 bits per heavy atom. The molecule has 1 aliphatic rings. The van der Waals surface area contributed by atoms with Crippen molar-refractivity contribution >= 4 is 17.2 Å². The third-order valence-electron chi connectivity index (χ3n) is 3.40. The first-order valence-electron chi connectivity index (χ1n) is 6.84. The maximum Gasteiger partial charge on any atom is 0.254 e. The van der Waals surface area contributed by atoms with Gasteiger partial charge in [0.2, 0.25) is 0 Å². The van der Waals surface area contributed by atoms with Gasteiger partial charge in [-0.25, -0.2) is 0 Å². The number of carbonyl (C=O) groups excluding carboxylic acids is 1. The van der Waals surface area contributed by atoms with Gasteiger partial charge in [-0.2, -0.15) is 11.3 Å². The van der Waals surface area contributed by atoms with E-state index >= 15 is 0 Å². The highest BCUT2D eigenvalue weighted by Crippen LogP contribution is 2.12. The summed E-state index contributed by atoms with van der Waals surface area (Å²) in [6.07, 6.45) is 3.32. The normalized spacial score (nSPS) is 17.1. The summed E-state index contributed by atoms with van der Waals surface area (Å²) in [5, 5.41) is 3.90. The molecule has 104 valence electrons. The highest BCUT2D eigenvalue weighted by atomic mass is 32.1. The summed E-state index contributed by atoms with van der Waals surface area (Å²) >= 11 is 1.58. The van der Waals surface area contributed by atoms with Crippen LogP contribution in [-0.2, 0) is 0 Å². The van der Waals surface area contributed by atoms with Crippen LogP contribution in [0, 0.1) is 0 Å². The molecule has 1 aromatic rings. The van der Waals surface area contributed by atoms with Crippen molar-refractivity contribution in [2.75, 3.05) is 32.7 Å². The predicted octanol–water partition coefficient (Wildman–Crippen LogP) is 2.86. The first kappa shape index (κ1) is 14.3. The number of nitrogens with zero attached hydrogens (tertiary/aromatic N) is 2. The SMILES string of the molecule is CC(C)=CCN1CCCN(C(=O)c2ccsc2)CC1. The Kier molecular flexibility index (Phi) is 5.16. The van der Waals surface area contributed by atoms with Gasteiger partial charge < -0.3 is 4.90 Å². The van der Waals surface area contributed by atoms with E-state index in [0.717, 1.165) is 44.7 Å². The van der Waals surface area contributed by atoms with Crippen molar-refractivity contribution in [1.29, 1.82) is 0 Å². The Bertz CT molecular complexity index is 435. The van der Waals surface area contributed by atoms with E-state index in [1.165, 1.54) is 5.57 Å². The molecule has 1 saturated heterocycles. The number of rotatable bonds is 3. The molecule has 0 spiro atoms. The van der Waals surface area contributed by atoms with Gasteiger partial charge in [0.1, 0.15) is 0 Å². The summed E-state index contributed by atoms with van der Waals surface area (Å²) in [6, 6.07) is 1.92. The number of thiophene rings is 1. The van der Waals surface area contributed by atoms with Crippen LogP contribution in [0.15, 0.2) is 28.5 Å². The Labute approximate surface area is 119 Å².